The van der Waals surface area contributed by atoms with Crippen molar-refractivity contribution in [2.24, 2.45) is 0 Å². The van der Waals surface area contributed by atoms with Crippen molar-refractivity contribution >= 4 is 22.5 Å². The van der Waals surface area contributed by atoms with Crippen LogP contribution in [0, 0.1) is 0 Å². The van der Waals surface area contributed by atoms with Gasteiger partial charge in [0.2, 0.25) is 11.7 Å². The third kappa shape index (κ3) is 3.16. The first-order valence-electron chi connectivity index (χ1n) is 8.50. The lowest BCUT2D eigenvalue weighted by Crippen LogP contribution is -2.40. The highest BCUT2D eigenvalue weighted by atomic mass is 35.5. The second-order valence-electron chi connectivity index (χ2n) is 6.11. The maximum absolute atomic E-state index is 12.9. The number of allylic oxidation sites excluding steroid dienone is 1. The van der Waals surface area contributed by atoms with Crippen molar-refractivity contribution in [1.82, 2.24) is 19.3 Å². The molecule has 0 amide bonds. The minimum atomic E-state index is -0.463. The molecule has 4 aromatic rings. The van der Waals surface area contributed by atoms with Gasteiger partial charge in [-0.1, -0.05) is 35.0 Å². The van der Waals surface area contributed by atoms with Gasteiger partial charge in [0, 0.05) is 17.1 Å². The average Bonchev–Trinajstić information content (AvgIpc) is 3.18. The monoisotopic (exact) mass is 394 g/mol. The molecule has 0 fully saturated rings. The van der Waals surface area contributed by atoms with Crippen LogP contribution >= 0.6 is 11.6 Å². The van der Waals surface area contributed by atoms with Crippen LogP contribution in [0.25, 0.3) is 22.3 Å². The summed E-state index contributed by atoms with van der Waals surface area (Å²) in [6.07, 6.45) is 1.51. The van der Waals surface area contributed by atoms with Gasteiger partial charge in [0.15, 0.2) is 0 Å². The Morgan fingerprint density at radius 1 is 1.07 bits per heavy atom. The Hall–Kier alpha value is -3.45. The van der Waals surface area contributed by atoms with E-state index in [4.69, 9.17) is 16.1 Å². The molecule has 140 valence electrons. The zero-order valence-electron chi connectivity index (χ0n) is 14.7. The van der Waals surface area contributed by atoms with E-state index in [2.05, 4.69) is 16.7 Å². The Balaban J connectivity index is 1.80. The topological polar surface area (TPSA) is 82.9 Å². The molecule has 2 aromatic heterocycles. The smallest absolute Gasteiger partial charge is 0.332 e. The van der Waals surface area contributed by atoms with Crippen molar-refractivity contribution in [2.45, 2.75) is 13.1 Å². The Labute approximate surface area is 164 Å². The maximum Gasteiger partial charge on any atom is 0.332 e. The van der Waals surface area contributed by atoms with Crippen molar-refractivity contribution in [2.75, 3.05) is 0 Å². The molecule has 8 heteroatoms. The number of halogens is 1. The third-order valence-electron chi connectivity index (χ3n) is 4.31. The molecular formula is C20H15ClN4O3. The summed E-state index contributed by atoms with van der Waals surface area (Å²) in [5.41, 5.74) is 0.427. The van der Waals surface area contributed by atoms with Gasteiger partial charge in [-0.15, -0.1) is 6.58 Å². The molecule has 2 heterocycles. The molecule has 0 saturated carbocycles. The van der Waals surface area contributed by atoms with E-state index in [1.54, 1.807) is 48.5 Å². The van der Waals surface area contributed by atoms with Crippen molar-refractivity contribution < 1.29 is 4.52 Å². The lowest BCUT2D eigenvalue weighted by Gasteiger charge is -2.11. The van der Waals surface area contributed by atoms with Gasteiger partial charge in [0.25, 0.3) is 5.56 Å². The minimum Gasteiger partial charge on any atom is -0.337 e. The Kier molecular flexibility index (Phi) is 4.67. The van der Waals surface area contributed by atoms with E-state index in [1.807, 2.05) is 0 Å². The first kappa shape index (κ1) is 17.9. The van der Waals surface area contributed by atoms with Gasteiger partial charge in [-0.05, 0) is 36.4 Å². The number of hydrogen-bond acceptors (Lipinski definition) is 5. The summed E-state index contributed by atoms with van der Waals surface area (Å²) in [7, 11) is 0. The molecule has 0 aliphatic carbocycles. The standard InChI is InChI=1S/C20H15ClN4O3/c1-2-11-24-19(26)15-5-3-4-6-16(15)25(20(24)27)12-17-22-18(23-28-17)13-7-9-14(21)10-8-13/h2-10H,1,11-12H2. The number of hydrogen-bond donors (Lipinski definition) is 0. The molecule has 0 bridgehead atoms. The largest absolute Gasteiger partial charge is 0.337 e. The van der Waals surface area contributed by atoms with Crippen LogP contribution in [0.5, 0.6) is 0 Å². The lowest BCUT2D eigenvalue weighted by molar-refractivity contribution is 0.369. The fraction of sp³-hybridized carbons (Fsp3) is 0.100. The first-order valence-corrected chi connectivity index (χ1v) is 8.88. The number of para-hydroxylation sites is 1. The number of benzene rings is 2. The molecule has 28 heavy (non-hydrogen) atoms. The Bertz CT molecular complexity index is 1290. The summed E-state index contributed by atoms with van der Waals surface area (Å²) in [5, 5.41) is 5.01. The summed E-state index contributed by atoms with van der Waals surface area (Å²) in [4.78, 5) is 29.8. The summed E-state index contributed by atoms with van der Waals surface area (Å²) >= 11 is 5.90. The van der Waals surface area contributed by atoms with Crippen LogP contribution < -0.4 is 11.2 Å². The van der Waals surface area contributed by atoms with E-state index in [0.717, 1.165) is 10.1 Å². The molecule has 0 N–H and O–H groups in total. The summed E-state index contributed by atoms with van der Waals surface area (Å²) in [5.74, 6) is 0.643. The second kappa shape index (κ2) is 7.28. The van der Waals surface area contributed by atoms with E-state index in [-0.39, 0.29) is 24.5 Å². The van der Waals surface area contributed by atoms with E-state index in [1.165, 1.54) is 10.6 Å². The minimum absolute atomic E-state index is 0.0390. The quantitative estimate of drug-likeness (QED) is 0.486. The highest BCUT2D eigenvalue weighted by molar-refractivity contribution is 6.30. The fourth-order valence-electron chi connectivity index (χ4n) is 2.98. The SMILES string of the molecule is C=CCn1c(=O)c2ccccc2n(Cc2nc(-c3ccc(Cl)cc3)no2)c1=O. The van der Waals surface area contributed by atoms with Crippen LogP contribution in [0.2, 0.25) is 5.02 Å². The molecule has 0 unspecified atom stereocenters. The van der Waals surface area contributed by atoms with Gasteiger partial charge >= 0.3 is 5.69 Å². The lowest BCUT2D eigenvalue weighted by atomic mass is 10.2. The fourth-order valence-corrected chi connectivity index (χ4v) is 3.11. The average molecular weight is 395 g/mol. The van der Waals surface area contributed by atoms with E-state index in [0.29, 0.717) is 21.7 Å². The van der Waals surface area contributed by atoms with Crippen LogP contribution in [0.3, 0.4) is 0 Å². The van der Waals surface area contributed by atoms with Gasteiger partial charge in [0.1, 0.15) is 6.54 Å². The van der Waals surface area contributed by atoms with Crippen molar-refractivity contribution in [3.63, 3.8) is 0 Å². The molecule has 0 spiro atoms. The Morgan fingerprint density at radius 3 is 2.57 bits per heavy atom. The van der Waals surface area contributed by atoms with Crippen molar-refractivity contribution in [3.8, 4) is 11.4 Å². The summed E-state index contributed by atoms with van der Waals surface area (Å²) in [6.45, 7) is 3.77. The number of rotatable bonds is 5. The predicted octanol–water partition coefficient (Wildman–Crippen LogP) is 3.10. The summed E-state index contributed by atoms with van der Waals surface area (Å²) in [6, 6.07) is 13.9. The molecule has 0 aliphatic rings. The zero-order valence-corrected chi connectivity index (χ0v) is 15.5. The molecule has 2 aromatic carbocycles. The first-order chi connectivity index (χ1) is 13.6. The van der Waals surface area contributed by atoms with Crippen LogP contribution in [-0.2, 0) is 13.1 Å². The third-order valence-corrected chi connectivity index (χ3v) is 4.56. The molecule has 0 radical (unpaired) electrons. The maximum atomic E-state index is 12.9. The van der Waals surface area contributed by atoms with Gasteiger partial charge in [-0.3, -0.25) is 13.9 Å². The van der Waals surface area contributed by atoms with Gasteiger partial charge in [-0.25, -0.2) is 4.79 Å². The van der Waals surface area contributed by atoms with Crippen LogP contribution in [0.1, 0.15) is 5.89 Å². The highest BCUT2D eigenvalue weighted by Gasteiger charge is 2.15. The van der Waals surface area contributed by atoms with Crippen LogP contribution in [0.15, 0.2) is 75.3 Å². The Morgan fingerprint density at radius 2 is 1.82 bits per heavy atom. The van der Waals surface area contributed by atoms with Crippen LogP contribution in [-0.4, -0.2) is 19.3 Å². The molecule has 0 atom stereocenters. The van der Waals surface area contributed by atoms with E-state index >= 15 is 0 Å². The van der Waals surface area contributed by atoms with E-state index < -0.39 is 5.69 Å². The highest BCUT2D eigenvalue weighted by Crippen LogP contribution is 2.19. The zero-order chi connectivity index (χ0) is 19.7. The normalized spacial score (nSPS) is 11.0. The predicted molar refractivity (Wildman–Crippen MR) is 107 cm³/mol. The van der Waals surface area contributed by atoms with Crippen molar-refractivity contribution in [3.05, 3.63) is 92.9 Å². The van der Waals surface area contributed by atoms with E-state index in [9.17, 15) is 9.59 Å². The van der Waals surface area contributed by atoms with Gasteiger partial charge in [-0.2, -0.15) is 4.98 Å². The van der Waals surface area contributed by atoms with Gasteiger partial charge in [0.05, 0.1) is 10.9 Å². The molecule has 4 rings (SSSR count). The molecule has 0 aliphatic heterocycles. The molecular weight excluding hydrogens is 380 g/mol. The molecule has 0 saturated heterocycles. The summed E-state index contributed by atoms with van der Waals surface area (Å²) < 4.78 is 7.90. The molecule has 7 nitrogen and oxygen atoms in total. The number of nitrogens with zero attached hydrogens (tertiary/aromatic N) is 4. The van der Waals surface area contributed by atoms with Gasteiger partial charge < -0.3 is 4.52 Å². The number of aromatic nitrogens is 4. The number of fused-ring (bicyclic) bond motifs is 1. The van der Waals surface area contributed by atoms with Crippen LogP contribution in [0.4, 0.5) is 0 Å². The van der Waals surface area contributed by atoms with Crippen molar-refractivity contribution in [1.29, 1.82) is 0 Å². The second-order valence-corrected chi connectivity index (χ2v) is 6.55.